The van der Waals surface area contributed by atoms with Crippen LogP contribution in [-0.2, 0) is 13.1 Å². The third kappa shape index (κ3) is 3.64. The molecule has 3 N–H and O–H groups in total. The van der Waals surface area contributed by atoms with E-state index in [9.17, 15) is 4.79 Å². The number of nitrogens with two attached hydrogens (primary N) is 1. The molecule has 0 saturated heterocycles. The predicted octanol–water partition coefficient (Wildman–Crippen LogP) is 2.96. The van der Waals surface area contributed by atoms with Gasteiger partial charge in [-0.2, -0.15) is 0 Å². The van der Waals surface area contributed by atoms with Crippen molar-refractivity contribution < 1.29 is 4.79 Å². The first kappa shape index (κ1) is 12.8. The first-order chi connectivity index (χ1) is 8.15. The zero-order valence-electron chi connectivity index (χ0n) is 8.90. The first-order valence-corrected chi connectivity index (χ1v) is 7.51. The number of hydrogen-bond donors (Lipinski definition) is 2. The van der Waals surface area contributed by atoms with E-state index < -0.39 is 0 Å². The van der Waals surface area contributed by atoms with E-state index in [4.69, 9.17) is 5.73 Å². The fourth-order valence-corrected chi connectivity index (χ4v) is 3.62. The smallest absolute Gasteiger partial charge is 0.249 e. The molecule has 2 aromatic rings. The van der Waals surface area contributed by atoms with Crippen LogP contribution in [0.25, 0.3) is 0 Å². The first-order valence-electron chi connectivity index (χ1n) is 4.96. The van der Waals surface area contributed by atoms with Crippen molar-refractivity contribution in [3.63, 3.8) is 0 Å². The van der Waals surface area contributed by atoms with E-state index in [1.165, 1.54) is 4.88 Å². The molecule has 17 heavy (non-hydrogen) atoms. The summed E-state index contributed by atoms with van der Waals surface area (Å²) < 4.78 is 1.12. The van der Waals surface area contributed by atoms with Crippen molar-refractivity contribution in [2.24, 2.45) is 5.73 Å². The molecule has 0 bridgehead atoms. The molecule has 0 aliphatic heterocycles. The molecule has 0 spiro atoms. The Morgan fingerprint density at radius 2 is 1.88 bits per heavy atom. The molecule has 3 nitrogen and oxygen atoms in total. The summed E-state index contributed by atoms with van der Waals surface area (Å²) in [6.45, 7) is 1.59. The van der Waals surface area contributed by atoms with Crippen LogP contribution in [0.5, 0.6) is 0 Å². The van der Waals surface area contributed by atoms with Crippen molar-refractivity contribution in [2.45, 2.75) is 13.1 Å². The van der Waals surface area contributed by atoms with Crippen LogP contribution >= 0.6 is 38.6 Å². The van der Waals surface area contributed by atoms with E-state index in [2.05, 4.69) is 32.7 Å². The van der Waals surface area contributed by atoms with Gasteiger partial charge in [0.2, 0.25) is 5.91 Å². The highest BCUT2D eigenvalue weighted by molar-refractivity contribution is 9.10. The van der Waals surface area contributed by atoms with Crippen LogP contribution in [0.2, 0.25) is 0 Å². The van der Waals surface area contributed by atoms with Gasteiger partial charge in [-0.15, -0.1) is 22.7 Å². The van der Waals surface area contributed by atoms with E-state index in [1.807, 2.05) is 6.07 Å². The lowest BCUT2D eigenvalue weighted by Crippen LogP contribution is -2.11. The minimum atomic E-state index is -0.366. The van der Waals surface area contributed by atoms with Crippen LogP contribution in [0.15, 0.2) is 27.4 Å². The molecule has 0 aliphatic carbocycles. The summed E-state index contributed by atoms with van der Waals surface area (Å²) in [4.78, 5) is 13.3. The van der Waals surface area contributed by atoms with Crippen molar-refractivity contribution in [1.82, 2.24) is 5.32 Å². The maximum absolute atomic E-state index is 10.9. The van der Waals surface area contributed by atoms with Crippen LogP contribution in [0.3, 0.4) is 0 Å². The number of carbonyl (C=O) groups excluding carboxylic acids is 1. The lowest BCUT2D eigenvalue weighted by atomic mass is 10.3. The molecule has 2 aromatic heterocycles. The second-order valence-corrected chi connectivity index (χ2v) is 6.41. The normalized spacial score (nSPS) is 10.6. The minimum absolute atomic E-state index is 0.366. The average molecular weight is 331 g/mol. The SMILES string of the molecule is NC(=O)c1csc(CNCc2cc(Br)cs2)c1. The molecule has 0 saturated carbocycles. The second kappa shape index (κ2) is 5.77. The summed E-state index contributed by atoms with van der Waals surface area (Å²) in [6, 6.07) is 3.94. The quantitative estimate of drug-likeness (QED) is 0.885. The van der Waals surface area contributed by atoms with Gasteiger partial charge in [-0.05, 0) is 28.1 Å². The maximum atomic E-state index is 10.9. The van der Waals surface area contributed by atoms with E-state index in [-0.39, 0.29) is 5.91 Å². The maximum Gasteiger partial charge on any atom is 0.249 e. The monoisotopic (exact) mass is 330 g/mol. The van der Waals surface area contributed by atoms with Crippen molar-refractivity contribution >= 4 is 44.5 Å². The van der Waals surface area contributed by atoms with Crippen molar-refractivity contribution in [3.8, 4) is 0 Å². The Bertz CT molecular complexity index is 521. The molecule has 2 heterocycles. The predicted molar refractivity (Wildman–Crippen MR) is 75.4 cm³/mol. The van der Waals surface area contributed by atoms with E-state index in [1.54, 1.807) is 28.1 Å². The van der Waals surface area contributed by atoms with E-state index in [0.29, 0.717) is 5.56 Å². The van der Waals surface area contributed by atoms with Crippen LogP contribution in [0.4, 0.5) is 0 Å². The Morgan fingerprint density at radius 3 is 2.41 bits per heavy atom. The second-order valence-electron chi connectivity index (χ2n) is 3.50. The van der Waals surface area contributed by atoms with Gasteiger partial charge in [0, 0.05) is 38.1 Å². The van der Waals surface area contributed by atoms with Gasteiger partial charge in [0.25, 0.3) is 0 Å². The molecule has 0 atom stereocenters. The largest absolute Gasteiger partial charge is 0.366 e. The number of halogens is 1. The summed E-state index contributed by atoms with van der Waals surface area (Å²) in [7, 11) is 0. The molecule has 0 aromatic carbocycles. The molecule has 0 fully saturated rings. The third-order valence-electron chi connectivity index (χ3n) is 2.16. The Labute approximate surface area is 116 Å². The highest BCUT2D eigenvalue weighted by Crippen LogP contribution is 2.20. The molecule has 2 rings (SSSR count). The zero-order chi connectivity index (χ0) is 12.3. The summed E-state index contributed by atoms with van der Waals surface area (Å²) in [5.41, 5.74) is 5.78. The molecule has 6 heteroatoms. The van der Waals surface area contributed by atoms with E-state index in [0.717, 1.165) is 22.4 Å². The van der Waals surface area contributed by atoms with Gasteiger partial charge in [0.05, 0.1) is 5.56 Å². The van der Waals surface area contributed by atoms with Crippen LogP contribution in [0, 0.1) is 0 Å². The number of amides is 1. The topological polar surface area (TPSA) is 55.1 Å². The van der Waals surface area contributed by atoms with Crippen molar-refractivity contribution in [1.29, 1.82) is 0 Å². The van der Waals surface area contributed by atoms with Gasteiger partial charge in [0.15, 0.2) is 0 Å². The zero-order valence-corrected chi connectivity index (χ0v) is 12.1. The van der Waals surface area contributed by atoms with Gasteiger partial charge in [0.1, 0.15) is 0 Å². The van der Waals surface area contributed by atoms with Crippen molar-refractivity contribution in [3.05, 3.63) is 42.7 Å². The van der Waals surface area contributed by atoms with Crippen LogP contribution in [-0.4, -0.2) is 5.91 Å². The summed E-state index contributed by atoms with van der Waals surface area (Å²) >= 11 is 6.69. The van der Waals surface area contributed by atoms with Gasteiger partial charge in [-0.25, -0.2) is 0 Å². The number of nitrogens with one attached hydrogen (secondary N) is 1. The summed E-state index contributed by atoms with van der Waals surface area (Å²) in [5.74, 6) is -0.366. The standard InChI is InChI=1S/C11H11BrN2OS2/c12-8-2-10(17-6-8)4-14-3-9-1-7(5-16-9)11(13)15/h1-2,5-6,14H,3-4H2,(H2,13,15). The average Bonchev–Trinajstić information content (AvgIpc) is 2.88. The third-order valence-corrected chi connectivity index (χ3v) is 4.79. The van der Waals surface area contributed by atoms with Crippen LogP contribution in [0.1, 0.15) is 20.1 Å². The number of primary amides is 1. The molecule has 0 radical (unpaired) electrons. The minimum Gasteiger partial charge on any atom is -0.366 e. The molecule has 0 unspecified atom stereocenters. The Kier molecular flexibility index (Phi) is 4.33. The van der Waals surface area contributed by atoms with Crippen molar-refractivity contribution in [2.75, 3.05) is 0 Å². The molecular weight excluding hydrogens is 320 g/mol. The van der Waals surface area contributed by atoms with Gasteiger partial charge >= 0.3 is 0 Å². The highest BCUT2D eigenvalue weighted by atomic mass is 79.9. The lowest BCUT2D eigenvalue weighted by Gasteiger charge is -1.99. The Hall–Kier alpha value is -0.690. The van der Waals surface area contributed by atoms with Gasteiger partial charge in [-0.1, -0.05) is 0 Å². The molecule has 0 aliphatic rings. The fraction of sp³-hybridized carbons (Fsp3) is 0.182. The highest BCUT2D eigenvalue weighted by Gasteiger charge is 2.04. The fourth-order valence-electron chi connectivity index (χ4n) is 1.36. The Morgan fingerprint density at radius 1 is 1.24 bits per heavy atom. The molecule has 90 valence electrons. The molecule has 1 amide bonds. The lowest BCUT2D eigenvalue weighted by molar-refractivity contribution is 0.100. The summed E-state index contributed by atoms with van der Waals surface area (Å²) in [6.07, 6.45) is 0. The van der Waals surface area contributed by atoms with Gasteiger partial charge < -0.3 is 11.1 Å². The number of carbonyl (C=O) groups is 1. The Balaban J connectivity index is 1.83. The summed E-state index contributed by atoms with van der Waals surface area (Å²) in [5, 5.41) is 7.19. The molecular formula is C11H11BrN2OS2. The number of thiophene rings is 2. The van der Waals surface area contributed by atoms with Gasteiger partial charge in [-0.3, -0.25) is 4.79 Å². The number of rotatable bonds is 5. The van der Waals surface area contributed by atoms with E-state index >= 15 is 0 Å². The number of hydrogen-bond acceptors (Lipinski definition) is 4. The van der Waals surface area contributed by atoms with Crippen LogP contribution < -0.4 is 11.1 Å².